The van der Waals surface area contributed by atoms with Gasteiger partial charge in [-0.3, -0.25) is 9.78 Å². The van der Waals surface area contributed by atoms with Crippen molar-refractivity contribution in [3.63, 3.8) is 0 Å². The first-order valence-corrected chi connectivity index (χ1v) is 8.87. The zero-order chi connectivity index (χ0) is 18.9. The summed E-state index contributed by atoms with van der Waals surface area (Å²) in [6.45, 7) is 5.75. The Balaban J connectivity index is 2.01. The van der Waals surface area contributed by atoms with E-state index in [1.165, 1.54) is 0 Å². The molecule has 1 heterocycles. The van der Waals surface area contributed by atoms with Gasteiger partial charge in [0.25, 0.3) is 5.91 Å². The lowest BCUT2D eigenvalue weighted by molar-refractivity contribution is 0.102. The van der Waals surface area contributed by atoms with Crippen molar-refractivity contribution in [1.82, 2.24) is 9.88 Å². The topological polar surface area (TPSA) is 66.5 Å². The predicted molar refractivity (Wildman–Crippen MR) is 106 cm³/mol. The van der Waals surface area contributed by atoms with E-state index < -0.39 is 0 Å². The molecule has 0 saturated heterocycles. The maximum absolute atomic E-state index is 12.6. The van der Waals surface area contributed by atoms with E-state index in [1.54, 1.807) is 12.3 Å². The fraction of sp³-hybridized carbons (Fsp3) is 0.400. The monoisotopic (exact) mass is 356 g/mol. The van der Waals surface area contributed by atoms with Crippen LogP contribution >= 0.6 is 0 Å². The van der Waals surface area contributed by atoms with Gasteiger partial charge < -0.3 is 20.3 Å². The predicted octanol–water partition coefficient (Wildman–Crippen LogP) is 3.48. The fourth-order valence-electron chi connectivity index (χ4n) is 2.41. The van der Waals surface area contributed by atoms with Gasteiger partial charge in [-0.05, 0) is 65.2 Å². The van der Waals surface area contributed by atoms with Crippen LogP contribution < -0.4 is 15.4 Å². The fourth-order valence-corrected chi connectivity index (χ4v) is 2.41. The number of aromatic nitrogens is 1. The van der Waals surface area contributed by atoms with Crippen LogP contribution in [0, 0.1) is 0 Å². The molecule has 0 saturated carbocycles. The lowest BCUT2D eigenvalue weighted by Crippen LogP contribution is -2.17. The van der Waals surface area contributed by atoms with Crippen LogP contribution in [0.15, 0.2) is 42.6 Å². The van der Waals surface area contributed by atoms with E-state index in [1.807, 2.05) is 44.2 Å². The number of ether oxygens (including phenoxy) is 1. The minimum absolute atomic E-state index is 0.0286. The average molecular weight is 356 g/mol. The van der Waals surface area contributed by atoms with Crippen LogP contribution in [0.3, 0.4) is 0 Å². The van der Waals surface area contributed by atoms with Crippen molar-refractivity contribution in [3.8, 4) is 5.75 Å². The molecule has 140 valence electrons. The molecule has 1 aromatic carbocycles. The number of amides is 1. The van der Waals surface area contributed by atoms with E-state index >= 15 is 0 Å². The lowest BCUT2D eigenvalue weighted by Gasteiger charge is -2.15. The van der Waals surface area contributed by atoms with Gasteiger partial charge >= 0.3 is 0 Å². The molecular weight excluding hydrogens is 328 g/mol. The Morgan fingerprint density at radius 3 is 2.73 bits per heavy atom. The number of carbonyl (C=O) groups is 1. The highest BCUT2D eigenvalue weighted by Gasteiger charge is 2.12. The Hall–Kier alpha value is -2.60. The number of benzene rings is 1. The first kappa shape index (κ1) is 19.7. The van der Waals surface area contributed by atoms with Gasteiger partial charge in [0.2, 0.25) is 0 Å². The summed E-state index contributed by atoms with van der Waals surface area (Å²) >= 11 is 0. The molecule has 6 heteroatoms. The summed E-state index contributed by atoms with van der Waals surface area (Å²) < 4.78 is 5.74. The molecule has 2 N–H and O–H groups in total. The van der Waals surface area contributed by atoms with Gasteiger partial charge in [-0.1, -0.05) is 12.1 Å². The molecule has 2 rings (SSSR count). The Morgan fingerprint density at radius 2 is 2.00 bits per heavy atom. The molecule has 1 aromatic heterocycles. The second-order valence-electron chi connectivity index (χ2n) is 6.63. The van der Waals surface area contributed by atoms with E-state index in [0.717, 1.165) is 25.2 Å². The van der Waals surface area contributed by atoms with E-state index in [4.69, 9.17) is 4.74 Å². The van der Waals surface area contributed by atoms with Gasteiger partial charge in [-0.15, -0.1) is 0 Å². The van der Waals surface area contributed by atoms with Gasteiger partial charge in [0.1, 0.15) is 11.4 Å². The molecule has 0 aliphatic rings. The molecule has 0 aliphatic carbocycles. The average Bonchev–Trinajstić information content (AvgIpc) is 2.60. The standard InChI is InChI=1S/C20H28N4O2/c1-15(2)26-19-9-6-5-8-17(19)23-20(25)18-14-16(10-12-22-18)21-11-7-13-24(3)4/h5-6,8-10,12,14-15H,7,11,13H2,1-4H3,(H,21,22)(H,23,25). The zero-order valence-corrected chi connectivity index (χ0v) is 16.0. The first-order valence-electron chi connectivity index (χ1n) is 8.87. The van der Waals surface area contributed by atoms with E-state index in [-0.39, 0.29) is 12.0 Å². The molecular formula is C20H28N4O2. The largest absolute Gasteiger partial charge is 0.489 e. The van der Waals surface area contributed by atoms with Crippen molar-refractivity contribution < 1.29 is 9.53 Å². The smallest absolute Gasteiger partial charge is 0.274 e. The first-order chi connectivity index (χ1) is 12.5. The summed E-state index contributed by atoms with van der Waals surface area (Å²) in [6, 6.07) is 11.0. The number of hydrogen-bond acceptors (Lipinski definition) is 5. The molecule has 1 amide bonds. The van der Waals surface area contributed by atoms with Gasteiger partial charge in [0.15, 0.2) is 0 Å². The summed E-state index contributed by atoms with van der Waals surface area (Å²) in [5.41, 5.74) is 1.88. The summed E-state index contributed by atoms with van der Waals surface area (Å²) in [6.07, 6.45) is 2.69. The van der Waals surface area contributed by atoms with Gasteiger partial charge in [-0.25, -0.2) is 0 Å². The number of hydrogen-bond donors (Lipinski definition) is 2. The van der Waals surface area contributed by atoms with Crippen LogP contribution in [-0.2, 0) is 0 Å². The Bertz CT molecular complexity index is 716. The van der Waals surface area contributed by atoms with Crippen LogP contribution in [0.5, 0.6) is 5.75 Å². The van der Waals surface area contributed by atoms with Gasteiger partial charge in [0, 0.05) is 18.4 Å². The maximum Gasteiger partial charge on any atom is 0.274 e. The lowest BCUT2D eigenvalue weighted by atomic mass is 10.2. The SMILES string of the molecule is CC(C)Oc1ccccc1NC(=O)c1cc(NCCCN(C)C)ccn1. The highest BCUT2D eigenvalue weighted by molar-refractivity contribution is 6.04. The molecule has 0 aliphatic heterocycles. The van der Waals surface area contributed by atoms with Crippen LogP contribution in [0.4, 0.5) is 11.4 Å². The third kappa shape index (κ3) is 6.37. The van der Waals surface area contributed by atoms with Crippen LogP contribution in [0.25, 0.3) is 0 Å². The number of anilines is 2. The Morgan fingerprint density at radius 1 is 1.23 bits per heavy atom. The van der Waals surface area contributed by atoms with Crippen molar-refractivity contribution >= 4 is 17.3 Å². The summed E-state index contributed by atoms with van der Waals surface area (Å²) in [5, 5.41) is 6.21. The van der Waals surface area contributed by atoms with Gasteiger partial charge in [0.05, 0.1) is 11.8 Å². The zero-order valence-electron chi connectivity index (χ0n) is 16.0. The van der Waals surface area contributed by atoms with Crippen molar-refractivity contribution in [3.05, 3.63) is 48.3 Å². The molecule has 0 atom stereocenters. The number of pyridine rings is 1. The Kier molecular flexibility index (Phi) is 7.41. The summed E-state index contributed by atoms with van der Waals surface area (Å²) in [7, 11) is 4.10. The number of rotatable bonds is 9. The number of para-hydroxylation sites is 2. The Labute approximate surface area is 155 Å². The van der Waals surface area contributed by atoms with E-state index in [2.05, 4.69) is 34.6 Å². The molecule has 26 heavy (non-hydrogen) atoms. The third-order valence-corrected chi connectivity index (χ3v) is 3.60. The molecule has 0 bridgehead atoms. The molecule has 6 nitrogen and oxygen atoms in total. The van der Waals surface area contributed by atoms with Crippen molar-refractivity contribution in [2.45, 2.75) is 26.4 Å². The highest BCUT2D eigenvalue weighted by atomic mass is 16.5. The van der Waals surface area contributed by atoms with Gasteiger partial charge in [-0.2, -0.15) is 0 Å². The minimum Gasteiger partial charge on any atom is -0.489 e. The van der Waals surface area contributed by atoms with E-state index in [0.29, 0.717) is 17.1 Å². The summed E-state index contributed by atoms with van der Waals surface area (Å²) in [5.74, 6) is 0.385. The van der Waals surface area contributed by atoms with Crippen LogP contribution in [-0.4, -0.2) is 49.1 Å². The molecule has 2 aromatic rings. The normalized spacial score (nSPS) is 10.8. The number of carbonyl (C=O) groups excluding carboxylic acids is 1. The summed E-state index contributed by atoms with van der Waals surface area (Å²) in [4.78, 5) is 18.9. The maximum atomic E-state index is 12.6. The van der Waals surface area contributed by atoms with Crippen molar-refractivity contribution in [2.24, 2.45) is 0 Å². The second-order valence-corrected chi connectivity index (χ2v) is 6.63. The quantitative estimate of drug-likeness (QED) is 0.673. The molecule has 0 spiro atoms. The van der Waals surface area contributed by atoms with Crippen LogP contribution in [0.1, 0.15) is 30.8 Å². The highest BCUT2D eigenvalue weighted by Crippen LogP contribution is 2.25. The van der Waals surface area contributed by atoms with Crippen LogP contribution in [0.2, 0.25) is 0 Å². The van der Waals surface area contributed by atoms with E-state index in [9.17, 15) is 4.79 Å². The minimum atomic E-state index is -0.262. The third-order valence-electron chi connectivity index (χ3n) is 3.60. The molecule has 0 fully saturated rings. The molecule has 0 radical (unpaired) electrons. The number of nitrogens with one attached hydrogen (secondary N) is 2. The second kappa shape index (κ2) is 9.77. The molecule has 0 unspecified atom stereocenters. The van der Waals surface area contributed by atoms with Crippen molar-refractivity contribution in [2.75, 3.05) is 37.8 Å². The number of nitrogens with zero attached hydrogens (tertiary/aromatic N) is 2. The van der Waals surface area contributed by atoms with Crippen molar-refractivity contribution in [1.29, 1.82) is 0 Å².